The first-order valence-corrected chi connectivity index (χ1v) is 8.41. The van der Waals surface area contributed by atoms with E-state index in [1.807, 2.05) is 38.2 Å². The number of aryl methyl sites for hydroxylation is 1. The quantitative estimate of drug-likeness (QED) is 0.776. The number of ether oxygens (including phenoxy) is 1. The number of benzene rings is 1. The Kier molecular flexibility index (Phi) is 6.78. The molecular formula is C18H26N2O5. The lowest BCUT2D eigenvalue weighted by atomic mass is 9.92. The number of aliphatic hydroxyl groups excluding tert-OH is 1. The zero-order chi connectivity index (χ0) is 18.4. The maximum atomic E-state index is 12.5. The van der Waals surface area contributed by atoms with Crippen LogP contribution in [0.1, 0.15) is 12.0 Å². The SMILES string of the molecule is Cc1cccc(OC2CN(C(=O)[C@@H]3CN(C)CC[C@@H]3O)C2)c1.O=CO. The van der Waals surface area contributed by atoms with Crippen LogP contribution in [0.25, 0.3) is 0 Å². The van der Waals surface area contributed by atoms with Crippen LogP contribution in [0.4, 0.5) is 0 Å². The van der Waals surface area contributed by atoms with Crippen molar-refractivity contribution in [3.63, 3.8) is 0 Å². The summed E-state index contributed by atoms with van der Waals surface area (Å²) in [5.41, 5.74) is 1.16. The molecule has 2 atom stereocenters. The number of aliphatic hydroxyl groups is 1. The van der Waals surface area contributed by atoms with Gasteiger partial charge in [-0.25, -0.2) is 0 Å². The zero-order valence-corrected chi connectivity index (χ0v) is 14.7. The molecule has 1 aromatic rings. The summed E-state index contributed by atoms with van der Waals surface area (Å²) in [7, 11) is 1.99. The zero-order valence-electron chi connectivity index (χ0n) is 14.7. The van der Waals surface area contributed by atoms with E-state index in [0.29, 0.717) is 26.1 Å². The first kappa shape index (κ1) is 19.2. The number of rotatable bonds is 3. The molecule has 2 fully saturated rings. The van der Waals surface area contributed by atoms with Crippen molar-refractivity contribution in [1.29, 1.82) is 0 Å². The van der Waals surface area contributed by atoms with Crippen LogP contribution in [0.2, 0.25) is 0 Å². The Morgan fingerprint density at radius 3 is 2.64 bits per heavy atom. The summed E-state index contributed by atoms with van der Waals surface area (Å²) >= 11 is 0. The fourth-order valence-corrected chi connectivity index (χ4v) is 3.15. The molecule has 0 aliphatic carbocycles. The van der Waals surface area contributed by atoms with Crippen molar-refractivity contribution in [3.05, 3.63) is 29.8 Å². The van der Waals surface area contributed by atoms with Crippen molar-refractivity contribution in [3.8, 4) is 5.75 Å². The molecule has 0 unspecified atom stereocenters. The molecule has 0 bridgehead atoms. The van der Waals surface area contributed by atoms with E-state index in [1.54, 1.807) is 4.90 Å². The lowest BCUT2D eigenvalue weighted by Gasteiger charge is -2.43. The normalized spacial score (nSPS) is 23.9. The second-order valence-corrected chi connectivity index (χ2v) is 6.63. The van der Waals surface area contributed by atoms with E-state index in [9.17, 15) is 9.90 Å². The molecule has 0 spiro atoms. The number of carbonyl (C=O) groups is 2. The Morgan fingerprint density at radius 2 is 2.00 bits per heavy atom. The molecule has 138 valence electrons. The lowest BCUT2D eigenvalue weighted by molar-refractivity contribution is -0.151. The highest BCUT2D eigenvalue weighted by Crippen LogP contribution is 2.24. The van der Waals surface area contributed by atoms with Gasteiger partial charge in [-0.3, -0.25) is 9.59 Å². The third-order valence-electron chi connectivity index (χ3n) is 4.55. The number of likely N-dealkylation sites (tertiary alicyclic amines) is 2. The van der Waals surface area contributed by atoms with Gasteiger partial charge in [-0.1, -0.05) is 12.1 Å². The number of piperidine rings is 1. The molecule has 1 amide bonds. The molecule has 2 saturated heterocycles. The standard InChI is InChI=1S/C17H24N2O3.CH2O2/c1-12-4-3-5-13(8-12)22-14-9-19(10-14)17(21)15-11-18(2)7-6-16(15)20;2-1-3/h3-5,8,14-16,20H,6-7,9-11H2,1-2H3;1H,(H,2,3)/t15-,16+;/m1./s1. The molecule has 7 heteroatoms. The number of amides is 1. The lowest BCUT2D eigenvalue weighted by Crippen LogP contribution is -2.60. The minimum atomic E-state index is -0.513. The van der Waals surface area contributed by atoms with Crippen LogP contribution in [0.5, 0.6) is 5.75 Å². The van der Waals surface area contributed by atoms with Gasteiger partial charge in [0.1, 0.15) is 11.9 Å². The van der Waals surface area contributed by atoms with Crippen LogP contribution in [0.15, 0.2) is 24.3 Å². The number of nitrogens with zero attached hydrogens (tertiary/aromatic N) is 2. The molecule has 2 N–H and O–H groups in total. The van der Waals surface area contributed by atoms with E-state index >= 15 is 0 Å². The Balaban J connectivity index is 0.000000701. The highest BCUT2D eigenvalue weighted by Gasteiger charge is 2.40. The maximum Gasteiger partial charge on any atom is 0.290 e. The smallest absolute Gasteiger partial charge is 0.290 e. The van der Waals surface area contributed by atoms with Crippen LogP contribution < -0.4 is 4.74 Å². The minimum Gasteiger partial charge on any atom is -0.487 e. The molecular weight excluding hydrogens is 324 g/mol. The summed E-state index contributed by atoms with van der Waals surface area (Å²) in [6.07, 6.45) is 0.217. The van der Waals surface area contributed by atoms with E-state index in [0.717, 1.165) is 17.9 Å². The largest absolute Gasteiger partial charge is 0.487 e. The van der Waals surface area contributed by atoms with Gasteiger partial charge >= 0.3 is 0 Å². The number of hydrogen-bond donors (Lipinski definition) is 2. The van der Waals surface area contributed by atoms with Gasteiger partial charge in [0, 0.05) is 13.1 Å². The Morgan fingerprint density at radius 1 is 1.32 bits per heavy atom. The van der Waals surface area contributed by atoms with Gasteiger partial charge in [0.2, 0.25) is 5.91 Å². The minimum absolute atomic E-state index is 0.0585. The highest BCUT2D eigenvalue weighted by molar-refractivity contribution is 5.80. The van der Waals surface area contributed by atoms with Gasteiger partial charge in [0.05, 0.1) is 25.1 Å². The van der Waals surface area contributed by atoms with Crippen LogP contribution >= 0.6 is 0 Å². The van der Waals surface area contributed by atoms with E-state index in [1.165, 1.54) is 0 Å². The Labute approximate surface area is 147 Å². The fraction of sp³-hybridized carbons (Fsp3) is 0.556. The molecule has 0 aromatic heterocycles. The average Bonchev–Trinajstić information content (AvgIpc) is 2.53. The molecule has 0 saturated carbocycles. The third-order valence-corrected chi connectivity index (χ3v) is 4.55. The van der Waals surface area contributed by atoms with Crippen molar-refractivity contribution in [2.24, 2.45) is 5.92 Å². The molecule has 3 rings (SSSR count). The molecule has 2 aliphatic heterocycles. The van der Waals surface area contributed by atoms with Crippen LogP contribution in [-0.2, 0) is 9.59 Å². The summed E-state index contributed by atoms with van der Waals surface area (Å²) in [6, 6.07) is 7.95. The van der Waals surface area contributed by atoms with Crippen LogP contribution in [0, 0.1) is 12.8 Å². The topological polar surface area (TPSA) is 90.3 Å². The Hall–Kier alpha value is -2.12. The summed E-state index contributed by atoms with van der Waals surface area (Å²) in [4.78, 5) is 24.7. The maximum absolute atomic E-state index is 12.5. The second-order valence-electron chi connectivity index (χ2n) is 6.63. The summed E-state index contributed by atoms with van der Waals surface area (Å²) in [5, 5.41) is 16.9. The third kappa shape index (κ3) is 5.17. The molecule has 7 nitrogen and oxygen atoms in total. The monoisotopic (exact) mass is 350 g/mol. The first-order valence-electron chi connectivity index (χ1n) is 8.41. The molecule has 2 heterocycles. The van der Waals surface area contributed by atoms with Gasteiger partial charge < -0.3 is 24.7 Å². The molecule has 0 radical (unpaired) electrons. The molecule has 25 heavy (non-hydrogen) atoms. The predicted molar refractivity (Wildman–Crippen MR) is 92.5 cm³/mol. The van der Waals surface area contributed by atoms with Crippen molar-refractivity contribution >= 4 is 12.4 Å². The summed E-state index contributed by atoms with van der Waals surface area (Å²) in [6.45, 7) is 4.49. The van der Waals surface area contributed by atoms with Gasteiger partial charge in [-0.05, 0) is 38.1 Å². The van der Waals surface area contributed by atoms with E-state index in [2.05, 4.69) is 4.90 Å². The highest BCUT2D eigenvalue weighted by atomic mass is 16.5. The van der Waals surface area contributed by atoms with Gasteiger partial charge in [0.25, 0.3) is 6.47 Å². The second kappa shape index (κ2) is 8.82. The van der Waals surface area contributed by atoms with Crippen LogP contribution in [0.3, 0.4) is 0 Å². The number of carboxylic acid groups (broad SMARTS) is 1. The molecule has 1 aromatic carbocycles. The van der Waals surface area contributed by atoms with E-state index in [-0.39, 0.29) is 24.4 Å². The molecule has 2 aliphatic rings. The van der Waals surface area contributed by atoms with Gasteiger partial charge in [0.15, 0.2) is 0 Å². The fourth-order valence-electron chi connectivity index (χ4n) is 3.15. The van der Waals surface area contributed by atoms with Crippen molar-refractivity contribution < 1.29 is 24.5 Å². The number of hydrogen-bond acceptors (Lipinski definition) is 5. The Bertz CT molecular complexity index is 589. The predicted octanol–water partition coefficient (Wildman–Crippen LogP) is 0.598. The number of carbonyl (C=O) groups excluding carboxylic acids is 1. The first-order chi connectivity index (χ1) is 11.9. The summed E-state index contributed by atoms with van der Waals surface area (Å²) in [5.74, 6) is 0.622. The van der Waals surface area contributed by atoms with E-state index < -0.39 is 6.10 Å². The van der Waals surface area contributed by atoms with Crippen molar-refractivity contribution in [2.75, 3.05) is 33.2 Å². The van der Waals surface area contributed by atoms with Gasteiger partial charge in [-0.2, -0.15) is 0 Å². The average molecular weight is 350 g/mol. The van der Waals surface area contributed by atoms with Gasteiger partial charge in [-0.15, -0.1) is 0 Å². The van der Waals surface area contributed by atoms with Crippen molar-refractivity contribution in [1.82, 2.24) is 9.80 Å². The summed E-state index contributed by atoms with van der Waals surface area (Å²) < 4.78 is 5.88. The van der Waals surface area contributed by atoms with E-state index in [4.69, 9.17) is 14.6 Å². The van der Waals surface area contributed by atoms with Crippen molar-refractivity contribution in [2.45, 2.75) is 25.6 Å². The van der Waals surface area contributed by atoms with Crippen LogP contribution in [-0.4, -0.2) is 77.8 Å².